The Bertz CT molecular complexity index is 689. The lowest BCUT2D eigenvalue weighted by Gasteiger charge is -2.19. The Kier molecular flexibility index (Phi) is 4.31. The predicted molar refractivity (Wildman–Crippen MR) is 88.5 cm³/mol. The van der Waals surface area contributed by atoms with E-state index in [-0.39, 0.29) is 0 Å². The third-order valence-electron chi connectivity index (χ3n) is 4.99. The van der Waals surface area contributed by atoms with Gasteiger partial charge in [0.15, 0.2) is 0 Å². The summed E-state index contributed by atoms with van der Waals surface area (Å²) in [5, 5.41) is 0. The Hall–Kier alpha value is -1.46. The lowest BCUT2D eigenvalue weighted by Crippen LogP contribution is -2.18. The van der Waals surface area contributed by atoms with Crippen LogP contribution >= 0.6 is 0 Å². The van der Waals surface area contributed by atoms with Gasteiger partial charge >= 0.3 is 0 Å². The molecule has 5 heteroatoms. The Morgan fingerprint density at radius 1 is 1.30 bits per heavy atom. The number of nitrogens with zero attached hydrogens (tertiary/aromatic N) is 3. The Labute approximate surface area is 137 Å². The minimum atomic E-state index is 0.306. The van der Waals surface area contributed by atoms with Crippen LogP contribution in [0.3, 0.4) is 0 Å². The molecule has 2 aliphatic rings. The number of hydrogen-bond donors (Lipinski definition) is 0. The molecule has 0 spiro atoms. The molecule has 1 atom stereocenters. The Morgan fingerprint density at radius 3 is 3.04 bits per heavy atom. The van der Waals surface area contributed by atoms with Gasteiger partial charge in [-0.05, 0) is 51.0 Å². The molecule has 0 bridgehead atoms. The summed E-state index contributed by atoms with van der Waals surface area (Å²) in [6.07, 6.45) is 9.26. The van der Waals surface area contributed by atoms with E-state index in [9.17, 15) is 0 Å². The summed E-state index contributed by atoms with van der Waals surface area (Å²) in [6, 6.07) is 0. The predicted octanol–water partition coefficient (Wildman–Crippen LogP) is 3.03. The Balaban J connectivity index is 1.79. The molecule has 4 rings (SSSR count). The molecule has 0 amide bonds. The second kappa shape index (κ2) is 6.57. The van der Waals surface area contributed by atoms with E-state index in [1.807, 2.05) is 13.1 Å². The fraction of sp³-hybridized carbons (Fsp3) is 0.667. The molecule has 3 heterocycles. The number of imidazole rings is 1. The first-order valence-corrected chi connectivity index (χ1v) is 8.92. The molecule has 1 fully saturated rings. The standard InChI is InChI=1S/C18H25N3O2/c1-2-22-12-17-20-16-10-19-15-8-4-3-7-14(15)18(16)21(17)11-13-6-5-9-23-13/h10,13H,2-9,11-12H2,1H3/t13-/m0/s1. The van der Waals surface area contributed by atoms with Gasteiger partial charge in [-0.1, -0.05) is 0 Å². The molecule has 2 aromatic rings. The summed E-state index contributed by atoms with van der Waals surface area (Å²) < 4.78 is 13.9. The van der Waals surface area contributed by atoms with Crippen LogP contribution in [0.1, 0.15) is 49.7 Å². The zero-order valence-corrected chi connectivity index (χ0v) is 13.9. The molecule has 124 valence electrons. The molecule has 2 aromatic heterocycles. The lowest BCUT2D eigenvalue weighted by atomic mass is 9.95. The molecule has 0 saturated carbocycles. The zero-order valence-electron chi connectivity index (χ0n) is 13.9. The fourth-order valence-corrected chi connectivity index (χ4v) is 3.85. The van der Waals surface area contributed by atoms with Crippen molar-refractivity contribution < 1.29 is 9.47 Å². The van der Waals surface area contributed by atoms with E-state index in [1.54, 1.807) is 0 Å². The monoisotopic (exact) mass is 315 g/mol. The van der Waals surface area contributed by atoms with E-state index in [0.29, 0.717) is 19.3 Å². The third-order valence-corrected chi connectivity index (χ3v) is 4.99. The van der Waals surface area contributed by atoms with Crippen LogP contribution in [0.25, 0.3) is 11.0 Å². The number of aryl methyl sites for hydroxylation is 2. The van der Waals surface area contributed by atoms with Crippen LogP contribution in [0.2, 0.25) is 0 Å². The molecule has 1 saturated heterocycles. The molecule has 0 N–H and O–H groups in total. The highest BCUT2D eigenvalue weighted by molar-refractivity contribution is 5.80. The average molecular weight is 315 g/mol. The molecular weight excluding hydrogens is 290 g/mol. The molecule has 1 aliphatic heterocycles. The lowest BCUT2D eigenvalue weighted by molar-refractivity contribution is 0.0913. The van der Waals surface area contributed by atoms with Gasteiger partial charge in [-0.3, -0.25) is 4.98 Å². The molecule has 0 radical (unpaired) electrons. The number of pyridine rings is 1. The summed E-state index contributed by atoms with van der Waals surface area (Å²) in [5.74, 6) is 1.01. The van der Waals surface area contributed by atoms with Gasteiger partial charge in [0, 0.05) is 18.9 Å². The minimum absolute atomic E-state index is 0.306. The molecule has 0 aromatic carbocycles. The van der Waals surface area contributed by atoms with E-state index in [4.69, 9.17) is 14.5 Å². The maximum atomic E-state index is 5.87. The van der Waals surface area contributed by atoms with Crippen molar-refractivity contribution in [1.82, 2.24) is 14.5 Å². The van der Waals surface area contributed by atoms with Gasteiger partial charge in [-0.25, -0.2) is 4.98 Å². The van der Waals surface area contributed by atoms with Crippen molar-refractivity contribution in [3.05, 3.63) is 23.3 Å². The largest absolute Gasteiger partial charge is 0.376 e. The van der Waals surface area contributed by atoms with Crippen molar-refractivity contribution in [2.75, 3.05) is 13.2 Å². The average Bonchev–Trinajstić information content (AvgIpc) is 3.21. The third kappa shape index (κ3) is 2.88. The summed E-state index contributed by atoms with van der Waals surface area (Å²) in [7, 11) is 0. The van der Waals surface area contributed by atoms with Crippen LogP contribution in [-0.4, -0.2) is 33.9 Å². The first-order valence-electron chi connectivity index (χ1n) is 8.92. The first kappa shape index (κ1) is 15.1. The van der Waals surface area contributed by atoms with Gasteiger partial charge in [-0.2, -0.15) is 0 Å². The van der Waals surface area contributed by atoms with Crippen LogP contribution in [0.4, 0.5) is 0 Å². The van der Waals surface area contributed by atoms with Gasteiger partial charge in [0.25, 0.3) is 0 Å². The van der Waals surface area contributed by atoms with Gasteiger partial charge in [-0.15, -0.1) is 0 Å². The SMILES string of the molecule is CCOCc1nc2cnc3c(c2n1C[C@@H]1CCCO1)CCCC3. The van der Waals surface area contributed by atoms with Gasteiger partial charge in [0.2, 0.25) is 0 Å². The number of ether oxygens (including phenoxy) is 2. The van der Waals surface area contributed by atoms with Crippen LogP contribution in [0, 0.1) is 0 Å². The van der Waals surface area contributed by atoms with Crippen molar-refractivity contribution in [1.29, 1.82) is 0 Å². The Morgan fingerprint density at radius 2 is 2.22 bits per heavy atom. The van der Waals surface area contributed by atoms with Crippen molar-refractivity contribution in [3.8, 4) is 0 Å². The van der Waals surface area contributed by atoms with E-state index in [2.05, 4.69) is 9.55 Å². The second-order valence-electron chi connectivity index (χ2n) is 6.54. The molecular formula is C18H25N3O2. The molecule has 1 aliphatic carbocycles. The van der Waals surface area contributed by atoms with Crippen LogP contribution in [0.5, 0.6) is 0 Å². The summed E-state index contributed by atoms with van der Waals surface area (Å²) in [4.78, 5) is 9.49. The fourth-order valence-electron chi connectivity index (χ4n) is 3.85. The number of rotatable bonds is 5. The number of fused-ring (bicyclic) bond motifs is 3. The number of hydrogen-bond acceptors (Lipinski definition) is 4. The van der Waals surface area contributed by atoms with E-state index in [1.165, 1.54) is 29.6 Å². The van der Waals surface area contributed by atoms with Crippen molar-refractivity contribution in [2.24, 2.45) is 0 Å². The molecule has 23 heavy (non-hydrogen) atoms. The minimum Gasteiger partial charge on any atom is -0.376 e. The quantitative estimate of drug-likeness (QED) is 0.851. The van der Waals surface area contributed by atoms with E-state index in [0.717, 1.165) is 50.2 Å². The maximum Gasteiger partial charge on any atom is 0.136 e. The normalized spacial score (nSPS) is 21.0. The summed E-state index contributed by atoms with van der Waals surface area (Å²) in [6.45, 7) is 5.07. The highest BCUT2D eigenvalue weighted by Crippen LogP contribution is 2.29. The van der Waals surface area contributed by atoms with E-state index >= 15 is 0 Å². The topological polar surface area (TPSA) is 49.2 Å². The van der Waals surface area contributed by atoms with Crippen LogP contribution < -0.4 is 0 Å². The van der Waals surface area contributed by atoms with Crippen molar-refractivity contribution >= 4 is 11.0 Å². The van der Waals surface area contributed by atoms with Gasteiger partial charge < -0.3 is 14.0 Å². The highest BCUT2D eigenvalue weighted by atomic mass is 16.5. The van der Waals surface area contributed by atoms with E-state index < -0.39 is 0 Å². The van der Waals surface area contributed by atoms with Crippen molar-refractivity contribution in [2.45, 2.75) is 64.7 Å². The second-order valence-corrected chi connectivity index (χ2v) is 6.54. The van der Waals surface area contributed by atoms with Crippen LogP contribution in [-0.2, 0) is 35.5 Å². The highest BCUT2D eigenvalue weighted by Gasteiger charge is 2.23. The first-order chi connectivity index (χ1) is 11.4. The molecule has 0 unspecified atom stereocenters. The van der Waals surface area contributed by atoms with Crippen molar-refractivity contribution in [3.63, 3.8) is 0 Å². The van der Waals surface area contributed by atoms with Gasteiger partial charge in [0.05, 0.1) is 24.4 Å². The van der Waals surface area contributed by atoms with Crippen LogP contribution in [0.15, 0.2) is 6.20 Å². The maximum absolute atomic E-state index is 5.87. The molecule has 5 nitrogen and oxygen atoms in total. The number of aromatic nitrogens is 3. The smallest absolute Gasteiger partial charge is 0.136 e. The summed E-state index contributed by atoms with van der Waals surface area (Å²) >= 11 is 0. The summed E-state index contributed by atoms with van der Waals surface area (Å²) in [5.41, 5.74) is 4.96. The zero-order chi connectivity index (χ0) is 15.6. The van der Waals surface area contributed by atoms with Gasteiger partial charge in [0.1, 0.15) is 17.9 Å².